The van der Waals surface area contributed by atoms with Gasteiger partial charge in [0, 0.05) is 22.3 Å². The summed E-state index contributed by atoms with van der Waals surface area (Å²) in [6.07, 6.45) is 8.09. The fourth-order valence-electron chi connectivity index (χ4n) is 2.69. The number of nitrogens with zero attached hydrogens (tertiary/aromatic N) is 1. The van der Waals surface area contributed by atoms with Gasteiger partial charge in [0.25, 0.3) is 0 Å². The Labute approximate surface area is 174 Å². The van der Waals surface area contributed by atoms with Gasteiger partial charge in [-0.05, 0) is 42.0 Å². The zero-order chi connectivity index (χ0) is 21.5. The Balaban J connectivity index is 1.66. The molecule has 2 aromatic carbocycles. The van der Waals surface area contributed by atoms with Crippen molar-refractivity contribution < 1.29 is 9.18 Å². The van der Waals surface area contributed by atoms with Crippen LogP contribution in [-0.4, -0.2) is 21.7 Å². The highest BCUT2D eigenvalue weighted by atomic mass is 19.1. The lowest BCUT2D eigenvalue weighted by Crippen LogP contribution is -2.00. The zero-order valence-corrected chi connectivity index (χ0v) is 16.2. The highest BCUT2D eigenvalue weighted by Crippen LogP contribution is 2.22. The van der Waals surface area contributed by atoms with Crippen LogP contribution in [0.15, 0.2) is 103 Å². The van der Waals surface area contributed by atoms with Crippen molar-refractivity contribution >= 4 is 17.6 Å². The molecule has 0 atom stereocenters. The molecular formula is C25H20FN3O. The molecule has 0 saturated heterocycles. The van der Waals surface area contributed by atoms with Crippen LogP contribution in [-0.2, 0) is 0 Å². The maximum Gasteiger partial charge on any atom is 0.192 e. The number of benzene rings is 2. The van der Waals surface area contributed by atoms with E-state index in [0.717, 1.165) is 16.8 Å². The molecule has 0 amide bonds. The molecule has 3 rings (SSSR count). The van der Waals surface area contributed by atoms with Crippen molar-refractivity contribution in [2.45, 2.75) is 0 Å². The molecule has 5 heteroatoms. The second-order valence-electron chi connectivity index (χ2n) is 6.53. The number of ketones is 1. The van der Waals surface area contributed by atoms with Crippen LogP contribution in [0.3, 0.4) is 0 Å². The number of allylic oxidation sites excluding steroid dienone is 5. The standard InChI is InChI=1S/C25H20FN3O/c1-17(8-9-18(2)25(30)20-6-4-3-5-7-20)23(27)15-12-21-16-28-29-24(21)19-10-13-22(26)14-11-19/h3-16,27H,1-2H2,(H,28,29)/b9-8-,15-12-,27-23?. The fraction of sp³-hybridized carbons (Fsp3) is 0. The van der Waals surface area contributed by atoms with Crippen molar-refractivity contribution in [1.82, 2.24) is 10.2 Å². The predicted molar refractivity (Wildman–Crippen MR) is 119 cm³/mol. The van der Waals surface area contributed by atoms with E-state index in [1.165, 1.54) is 12.1 Å². The van der Waals surface area contributed by atoms with E-state index in [-0.39, 0.29) is 17.3 Å². The maximum atomic E-state index is 13.1. The third-order valence-corrected chi connectivity index (χ3v) is 4.39. The Hall–Kier alpha value is -4.12. The first-order chi connectivity index (χ1) is 14.5. The van der Waals surface area contributed by atoms with E-state index in [2.05, 4.69) is 23.4 Å². The number of H-pyrrole nitrogens is 1. The third-order valence-electron chi connectivity index (χ3n) is 4.39. The van der Waals surface area contributed by atoms with Crippen LogP contribution in [0.25, 0.3) is 17.3 Å². The van der Waals surface area contributed by atoms with Crippen molar-refractivity contribution in [2.24, 2.45) is 0 Å². The Morgan fingerprint density at radius 3 is 2.33 bits per heavy atom. The maximum absolute atomic E-state index is 13.1. The first kappa shape index (κ1) is 20.6. The van der Waals surface area contributed by atoms with Gasteiger partial charge in [0.05, 0.1) is 17.6 Å². The second-order valence-corrected chi connectivity index (χ2v) is 6.53. The van der Waals surface area contributed by atoms with Crippen molar-refractivity contribution in [3.05, 3.63) is 120 Å². The zero-order valence-electron chi connectivity index (χ0n) is 16.2. The average molecular weight is 397 g/mol. The number of Topliss-reactive ketones (excluding diaryl/α,β-unsaturated/α-hetero) is 1. The highest BCUT2D eigenvalue weighted by Gasteiger charge is 2.08. The number of carbonyl (C=O) groups is 1. The van der Waals surface area contributed by atoms with Crippen LogP contribution >= 0.6 is 0 Å². The van der Waals surface area contributed by atoms with Crippen molar-refractivity contribution in [1.29, 1.82) is 5.41 Å². The summed E-state index contributed by atoms with van der Waals surface area (Å²) < 4.78 is 13.1. The molecule has 30 heavy (non-hydrogen) atoms. The van der Waals surface area contributed by atoms with E-state index >= 15 is 0 Å². The minimum absolute atomic E-state index is 0.177. The molecular weight excluding hydrogens is 377 g/mol. The number of halogens is 1. The fourth-order valence-corrected chi connectivity index (χ4v) is 2.69. The van der Waals surface area contributed by atoms with Gasteiger partial charge in [-0.1, -0.05) is 55.6 Å². The molecule has 0 fully saturated rings. The number of aromatic nitrogens is 2. The van der Waals surface area contributed by atoms with Gasteiger partial charge in [0.2, 0.25) is 0 Å². The van der Waals surface area contributed by atoms with Crippen LogP contribution in [0.2, 0.25) is 0 Å². The van der Waals surface area contributed by atoms with Crippen LogP contribution in [0, 0.1) is 11.2 Å². The first-order valence-corrected chi connectivity index (χ1v) is 9.17. The van der Waals surface area contributed by atoms with Gasteiger partial charge in [-0.3, -0.25) is 9.89 Å². The van der Waals surface area contributed by atoms with Crippen LogP contribution in [0.5, 0.6) is 0 Å². The van der Waals surface area contributed by atoms with Crippen molar-refractivity contribution in [2.75, 3.05) is 0 Å². The average Bonchev–Trinajstić information content (AvgIpc) is 3.24. The van der Waals surface area contributed by atoms with Gasteiger partial charge in [-0.25, -0.2) is 4.39 Å². The summed E-state index contributed by atoms with van der Waals surface area (Å²) in [4.78, 5) is 12.3. The highest BCUT2D eigenvalue weighted by molar-refractivity contribution is 6.12. The molecule has 1 aromatic heterocycles. The number of hydrogen-bond donors (Lipinski definition) is 2. The lowest BCUT2D eigenvalue weighted by Gasteiger charge is -2.02. The number of rotatable bonds is 8. The van der Waals surface area contributed by atoms with Crippen molar-refractivity contribution in [3.63, 3.8) is 0 Å². The monoisotopic (exact) mass is 397 g/mol. The molecule has 0 spiro atoms. The van der Waals surface area contributed by atoms with Crippen LogP contribution in [0.1, 0.15) is 15.9 Å². The summed E-state index contributed by atoms with van der Waals surface area (Å²) in [5.41, 5.74) is 3.74. The molecule has 0 aliphatic rings. The molecule has 2 N–H and O–H groups in total. The molecule has 0 unspecified atom stereocenters. The van der Waals surface area contributed by atoms with Gasteiger partial charge in [0.15, 0.2) is 5.78 Å². The smallest absolute Gasteiger partial charge is 0.192 e. The van der Waals surface area contributed by atoms with Crippen LogP contribution < -0.4 is 0 Å². The molecule has 0 bridgehead atoms. The quantitative estimate of drug-likeness (QED) is 0.218. The summed E-state index contributed by atoms with van der Waals surface area (Å²) in [7, 11) is 0. The van der Waals surface area contributed by atoms with E-state index in [0.29, 0.717) is 16.7 Å². The number of carbonyl (C=O) groups excluding carboxylic acids is 1. The molecule has 148 valence electrons. The van der Waals surface area contributed by atoms with E-state index in [1.807, 2.05) is 6.07 Å². The Bertz CT molecular complexity index is 1150. The summed E-state index contributed by atoms with van der Waals surface area (Å²) in [5, 5.41) is 15.1. The number of hydrogen-bond acceptors (Lipinski definition) is 3. The SMILES string of the molecule is C=C(/C=C\C(=C)C(=O)c1ccccc1)C(=N)/C=C\c1cn[nH]c1-c1ccc(F)cc1. The van der Waals surface area contributed by atoms with E-state index < -0.39 is 0 Å². The third kappa shape index (κ3) is 5.02. The Morgan fingerprint density at radius 1 is 0.967 bits per heavy atom. The Morgan fingerprint density at radius 2 is 1.63 bits per heavy atom. The molecule has 0 radical (unpaired) electrons. The Kier molecular flexibility index (Phi) is 6.45. The minimum atomic E-state index is -0.312. The first-order valence-electron chi connectivity index (χ1n) is 9.17. The van der Waals surface area contributed by atoms with Gasteiger partial charge >= 0.3 is 0 Å². The molecule has 1 heterocycles. The molecule has 0 aliphatic heterocycles. The molecule has 4 nitrogen and oxygen atoms in total. The minimum Gasteiger partial charge on any atom is -0.300 e. The molecule has 3 aromatic rings. The second kappa shape index (κ2) is 9.39. The van der Waals surface area contributed by atoms with Gasteiger partial charge < -0.3 is 5.41 Å². The van der Waals surface area contributed by atoms with Gasteiger partial charge in [-0.2, -0.15) is 5.10 Å². The van der Waals surface area contributed by atoms with Crippen molar-refractivity contribution in [3.8, 4) is 11.3 Å². The molecule has 0 saturated carbocycles. The largest absolute Gasteiger partial charge is 0.300 e. The lowest BCUT2D eigenvalue weighted by atomic mass is 10.0. The summed E-state index contributed by atoms with van der Waals surface area (Å²) in [5.74, 6) is -0.489. The normalized spacial score (nSPS) is 11.1. The summed E-state index contributed by atoms with van der Waals surface area (Å²) in [6.45, 7) is 7.66. The number of aromatic amines is 1. The van der Waals surface area contributed by atoms with E-state index in [4.69, 9.17) is 5.41 Å². The topological polar surface area (TPSA) is 69.6 Å². The lowest BCUT2D eigenvalue weighted by molar-refractivity contribution is 0.103. The summed E-state index contributed by atoms with van der Waals surface area (Å²) >= 11 is 0. The molecule has 0 aliphatic carbocycles. The van der Waals surface area contributed by atoms with Gasteiger partial charge in [-0.15, -0.1) is 0 Å². The van der Waals surface area contributed by atoms with Gasteiger partial charge in [0.1, 0.15) is 5.82 Å². The van der Waals surface area contributed by atoms with E-state index in [1.54, 1.807) is 66.9 Å². The predicted octanol–water partition coefficient (Wildman–Crippen LogP) is 5.80. The number of nitrogens with one attached hydrogen (secondary N) is 2. The van der Waals surface area contributed by atoms with Crippen LogP contribution in [0.4, 0.5) is 4.39 Å². The summed E-state index contributed by atoms with van der Waals surface area (Å²) in [6, 6.07) is 14.9. The van der Waals surface area contributed by atoms with E-state index in [9.17, 15) is 9.18 Å².